The van der Waals surface area contributed by atoms with Crippen LogP contribution in [0.4, 0.5) is 5.82 Å². The molecule has 1 aliphatic rings. The van der Waals surface area contributed by atoms with Crippen molar-refractivity contribution in [1.82, 2.24) is 9.78 Å². The molecule has 1 aliphatic heterocycles. The Morgan fingerprint density at radius 2 is 1.93 bits per heavy atom. The van der Waals surface area contributed by atoms with Crippen molar-refractivity contribution < 1.29 is 9.53 Å². The van der Waals surface area contributed by atoms with Gasteiger partial charge in [-0.15, -0.1) is 0 Å². The van der Waals surface area contributed by atoms with Crippen molar-refractivity contribution in [1.29, 1.82) is 0 Å². The van der Waals surface area contributed by atoms with E-state index in [-0.39, 0.29) is 12.5 Å². The Kier molecular flexibility index (Phi) is 4.90. The molecule has 1 amide bonds. The summed E-state index contributed by atoms with van der Waals surface area (Å²) in [7, 11) is 0. The number of ether oxygens (including phenoxy) is 1. The van der Waals surface area contributed by atoms with Crippen molar-refractivity contribution in [3.8, 4) is 11.4 Å². The number of nitrogens with one attached hydrogen (secondary N) is 1. The molecular formula is C21H21N3O2S. The Balaban J connectivity index is 1.55. The van der Waals surface area contributed by atoms with Crippen LogP contribution in [0.1, 0.15) is 22.4 Å². The average molecular weight is 379 g/mol. The molecule has 5 nitrogen and oxygen atoms in total. The second-order valence-corrected chi connectivity index (χ2v) is 7.60. The van der Waals surface area contributed by atoms with Crippen LogP contribution in [-0.4, -0.2) is 22.3 Å². The number of thioether (sulfide) groups is 1. The van der Waals surface area contributed by atoms with Gasteiger partial charge < -0.3 is 10.1 Å². The first-order valence-corrected chi connectivity index (χ1v) is 10.0. The van der Waals surface area contributed by atoms with Gasteiger partial charge in [0, 0.05) is 17.1 Å². The van der Waals surface area contributed by atoms with E-state index in [0.29, 0.717) is 5.75 Å². The number of carbonyl (C=O) groups is 1. The zero-order valence-corrected chi connectivity index (χ0v) is 16.2. The van der Waals surface area contributed by atoms with E-state index in [1.807, 2.05) is 78.8 Å². The fourth-order valence-corrected chi connectivity index (χ4v) is 4.10. The summed E-state index contributed by atoms with van der Waals surface area (Å²) >= 11 is 1.81. The van der Waals surface area contributed by atoms with Crippen LogP contribution >= 0.6 is 11.8 Å². The van der Waals surface area contributed by atoms with Gasteiger partial charge in [-0.3, -0.25) is 4.79 Å². The molecule has 138 valence electrons. The molecular weight excluding hydrogens is 358 g/mol. The summed E-state index contributed by atoms with van der Waals surface area (Å²) in [6, 6.07) is 15.7. The SMILES string of the molecule is Cc1ccc(OCC(=O)Nc2c3c(nn2-c2ccccc2C)CSC3)cc1. The highest BCUT2D eigenvalue weighted by atomic mass is 32.2. The number of anilines is 1. The Hall–Kier alpha value is -2.73. The number of aromatic nitrogens is 2. The third-order valence-corrected chi connectivity index (χ3v) is 5.51. The van der Waals surface area contributed by atoms with Crippen LogP contribution in [0, 0.1) is 13.8 Å². The van der Waals surface area contributed by atoms with Gasteiger partial charge in [-0.05, 0) is 37.6 Å². The fraction of sp³-hybridized carbons (Fsp3) is 0.238. The van der Waals surface area contributed by atoms with Gasteiger partial charge in [-0.25, -0.2) is 4.68 Å². The molecule has 1 N–H and O–H groups in total. The van der Waals surface area contributed by atoms with Crippen molar-refractivity contribution in [2.45, 2.75) is 25.4 Å². The molecule has 0 unspecified atom stereocenters. The van der Waals surface area contributed by atoms with Gasteiger partial charge >= 0.3 is 0 Å². The second kappa shape index (κ2) is 7.48. The standard InChI is InChI=1S/C21H21N3O2S/c1-14-7-9-16(10-8-14)26-11-20(25)22-21-17-12-27-13-18(17)23-24(21)19-6-4-3-5-15(19)2/h3-10H,11-13H2,1-2H3,(H,22,25). The van der Waals surface area contributed by atoms with E-state index < -0.39 is 0 Å². The highest BCUT2D eigenvalue weighted by Crippen LogP contribution is 2.36. The number of rotatable bonds is 5. The molecule has 0 atom stereocenters. The summed E-state index contributed by atoms with van der Waals surface area (Å²) in [5.41, 5.74) is 5.39. The Morgan fingerprint density at radius 1 is 1.15 bits per heavy atom. The molecule has 2 heterocycles. The Labute approximate surface area is 162 Å². The summed E-state index contributed by atoms with van der Waals surface area (Å²) < 4.78 is 7.46. The molecule has 0 bridgehead atoms. The van der Waals surface area contributed by atoms with Gasteiger partial charge in [0.2, 0.25) is 0 Å². The number of para-hydroxylation sites is 1. The molecule has 0 aliphatic carbocycles. The van der Waals surface area contributed by atoms with Gasteiger partial charge in [0.15, 0.2) is 6.61 Å². The van der Waals surface area contributed by atoms with Crippen LogP contribution < -0.4 is 10.1 Å². The normalized spacial score (nSPS) is 12.7. The van der Waals surface area contributed by atoms with Crippen LogP contribution in [0.2, 0.25) is 0 Å². The van der Waals surface area contributed by atoms with Crippen LogP contribution in [0.15, 0.2) is 48.5 Å². The van der Waals surface area contributed by atoms with Crippen LogP contribution in [0.3, 0.4) is 0 Å². The smallest absolute Gasteiger partial charge is 0.263 e. The lowest BCUT2D eigenvalue weighted by Gasteiger charge is -2.13. The predicted molar refractivity (Wildman–Crippen MR) is 109 cm³/mol. The van der Waals surface area contributed by atoms with E-state index in [2.05, 4.69) is 5.32 Å². The summed E-state index contributed by atoms with van der Waals surface area (Å²) in [6.07, 6.45) is 0. The number of hydrogen-bond acceptors (Lipinski definition) is 4. The molecule has 0 spiro atoms. The minimum Gasteiger partial charge on any atom is -0.484 e. The molecule has 6 heteroatoms. The van der Waals surface area contributed by atoms with Crippen molar-refractivity contribution in [2.24, 2.45) is 0 Å². The second-order valence-electron chi connectivity index (χ2n) is 6.61. The highest BCUT2D eigenvalue weighted by Gasteiger charge is 2.25. The first kappa shape index (κ1) is 17.7. The van der Waals surface area contributed by atoms with Gasteiger partial charge in [0.05, 0.1) is 11.4 Å². The summed E-state index contributed by atoms with van der Waals surface area (Å²) in [4.78, 5) is 12.5. The number of fused-ring (bicyclic) bond motifs is 1. The minimum atomic E-state index is -0.190. The Bertz CT molecular complexity index is 980. The number of hydrogen-bond donors (Lipinski definition) is 1. The third kappa shape index (κ3) is 3.71. The predicted octanol–water partition coefficient (Wildman–Crippen LogP) is 4.25. The number of aryl methyl sites for hydroxylation is 2. The number of carbonyl (C=O) groups excluding carboxylic acids is 1. The third-order valence-electron chi connectivity index (χ3n) is 4.54. The van der Waals surface area contributed by atoms with Crippen molar-refractivity contribution in [3.63, 3.8) is 0 Å². The van der Waals surface area contributed by atoms with E-state index >= 15 is 0 Å². The fourth-order valence-electron chi connectivity index (χ4n) is 3.07. The first-order chi connectivity index (χ1) is 13.1. The summed E-state index contributed by atoms with van der Waals surface area (Å²) in [6.45, 7) is 4.02. The maximum atomic E-state index is 12.5. The van der Waals surface area contributed by atoms with E-state index in [9.17, 15) is 4.79 Å². The van der Waals surface area contributed by atoms with Crippen LogP contribution in [-0.2, 0) is 16.3 Å². The molecule has 27 heavy (non-hydrogen) atoms. The van der Waals surface area contributed by atoms with Gasteiger partial charge in [0.25, 0.3) is 5.91 Å². The molecule has 4 rings (SSSR count). The summed E-state index contributed by atoms with van der Waals surface area (Å²) in [5, 5.41) is 7.76. The van der Waals surface area contributed by atoms with Gasteiger partial charge in [-0.1, -0.05) is 35.9 Å². The minimum absolute atomic E-state index is 0.0378. The maximum Gasteiger partial charge on any atom is 0.263 e. The van der Waals surface area contributed by atoms with E-state index in [1.54, 1.807) is 0 Å². The first-order valence-electron chi connectivity index (χ1n) is 8.85. The van der Waals surface area contributed by atoms with Crippen LogP contribution in [0.25, 0.3) is 5.69 Å². The topological polar surface area (TPSA) is 56.1 Å². The van der Waals surface area contributed by atoms with E-state index in [0.717, 1.165) is 45.4 Å². The maximum absolute atomic E-state index is 12.5. The average Bonchev–Trinajstić information content (AvgIpc) is 3.24. The van der Waals surface area contributed by atoms with Crippen LogP contribution in [0.5, 0.6) is 5.75 Å². The monoisotopic (exact) mass is 379 g/mol. The quantitative estimate of drug-likeness (QED) is 0.720. The molecule has 0 fully saturated rings. The largest absolute Gasteiger partial charge is 0.484 e. The number of nitrogens with zero attached hydrogens (tertiary/aromatic N) is 2. The molecule has 0 saturated heterocycles. The molecule has 0 radical (unpaired) electrons. The molecule has 2 aromatic carbocycles. The molecule has 1 aromatic heterocycles. The lowest BCUT2D eigenvalue weighted by atomic mass is 10.2. The van der Waals surface area contributed by atoms with E-state index in [4.69, 9.17) is 9.84 Å². The van der Waals surface area contributed by atoms with Gasteiger partial charge in [0.1, 0.15) is 11.6 Å². The molecule has 0 saturated carbocycles. The number of amides is 1. The van der Waals surface area contributed by atoms with Crippen molar-refractivity contribution >= 4 is 23.5 Å². The van der Waals surface area contributed by atoms with Gasteiger partial charge in [-0.2, -0.15) is 16.9 Å². The zero-order chi connectivity index (χ0) is 18.8. The number of benzene rings is 2. The molecule has 3 aromatic rings. The Morgan fingerprint density at radius 3 is 2.70 bits per heavy atom. The van der Waals surface area contributed by atoms with E-state index in [1.165, 1.54) is 0 Å². The van der Waals surface area contributed by atoms with Crippen molar-refractivity contribution in [3.05, 3.63) is 70.9 Å². The lowest BCUT2D eigenvalue weighted by Crippen LogP contribution is -2.22. The lowest BCUT2D eigenvalue weighted by molar-refractivity contribution is -0.118. The highest BCUT2D eigenvalue weighted by molar-refractivity contribution is 7.98. The summed E-state index contributed by atoms with van der Waals surface area (Å²) in [5.74, 6) is 2.97. The van der Waals surface area contributed by atoms with Crippen molar-refractivity contribution in [2.75, 3.05) is 11.9 Å². The zero-order valence-electron chi connectivity index (χ0n) is 15.4.